The largest absolute Gasteiger partial charge is 0.348 e. The molecule has 2 amide bonds. The van der Waals surface area contributed by atoms with Crippen LogP contribution in [0.15, 0.2) is 29.2 Å². The summed E-state index contributed by atoms with van der Waals surface area (Å²) < 4.78 is 23.5. The van der Waals surface area contributed by atoms with Crippen molar-refractivity contribution < 1.29 is 18.0 Å². The fourth-order valence-corrected chi connectivity index (χ4v) is 6.42. The Labute approximate surface area is 174 Å². The standard InChI is InChI=1S/C19H22N2O4S3/c1-19(2,3)21-17(23)15(27-18(21)26)10-12-4-6-13(7-5-12)16(22)20-14-8-9-28(24,25)11-14/h4-7,10,14H,8-9,11H2,1-3H3,(H,20,22). The van der Waals surface area contributed by atoms with Crippen molar-refractivity contribution in [3.63, 3.8) is 0 Å². The molecule has 2 aliphatic heterocycles. The molecule has 0 spiro atoms. The lowest BCUT2D eigenvalue weighted by Crippen LogP contribution is -2.44. The van der Waals surface area contributed by atoms with Crippen LogP contribution in [0.5, 0.6) is 0 Å². The first-order chi connectivity index (χ1) is 13.0. The van der Waals surface area contributed by atoms with Gasteiger partial charge in [-0.05, 0) is 51.0 Å². The Balaban J connectivity index is 1.69. The lowest BCUT2D eigenvalue weighted by molar-refractivity contribution is -0.125. The zero-order chi connectivity index (χ0) is 20.7. The number of thiocarbonyl (C=S) groups is 1. The molecule has 1 aromatic carbocycles. The van der Waals surface area contributed by atoms with Crippen LogP contribution in [0.3, 0.4) is 0 Å². The number of nitrogens with one attached hydrogen (secondary N) is 1. The van der Waals surface area contributed by atoms with Crippen molar-refractivity contribution in [3.8, 4) is 0 Å². The molecular formula is C19H22N2O4S3. The third kappa shape index (κ3) is 4.64. The van der Waals surface area contributed by atoms with E-state index < -0.39 is 9.84 Å². The van der Waals surface area contributed by atoms with Gasteiger partial charge in [0, 0.05) is 17.1 Å². The van der Waals surface area contributed by atoms with E-state index in [1.165, 1.54) is 11.8 Å². The number of nitrogens with zero attached hydrogens (tertiary/aromatic N) is 1. The van der Waals surface area contributed by atoms with Crippen LogP contribution >= 0.6 is 24.0 Å². The summed E-state index contributed by atoms with van der Waals surface area (Å²) in [4.78, 5) is 27.1. The minimum atomic E-state index is -3.04. The maximum absolute atomic E-state index is 12.6. The zero-order valence-electron chi connectivity index (χ0n) is 15.9. The van der Waals surface area contributed by atoms with E-state index >= 15 is 0 Å². The van der Waals surface area contributed by atoms with Crippen LogP contribution < -0.4 is 5.32 Å². The fourth-order valence-electron chi connectivity index (χ4n) is 3.11. The van der Waals surface area contributed by atoms with E-state index in [1.54, 1.807) is 35.2 Å². The molecule has 2 aliphatic rings. The highest BCUT2D eigenvalue weighted by molar-refractivity contribution is 8.26. The third-order valence-electron chi connectivity index (χ3n) is 4.50. The van der Waals surface area contributed by atoms with Gasteiger partial charge in [-0.1, -0.05) is 36.1 Å². The van der Waals surface area contributed by atoms with Crippen LogP contribution in [0.2, 0.25) is 0 Å². The minimum Gasteiger partial charge on any atom is -0.348 e. The lowest BCUT2D eigenvalue weighted by Gasteiger charge is -2.30. The predicted octanol–water partition coefficient (Wildman–Crippen LogP) is 2.60. The normalized spacial score (nSPS) is 23.5. The van der Waals surface area contributed by atoms with Gasteiger partial charge in [0.15, 0.2) is 9.84 Å². The molecule has 150 valence electrons. The molecule has 6 nitrogen and oxygen atoms in total. The molecule has 1 aromatic rings. The van der Waals surface area contributed by atoms with Crippen LogP contribution in [0.4, 0.5) is 0 Å². The molecule has 2 heterocycles. The number of carbonyl (C=O) groups excluding carboxylic acids is 2. The van der Waals surface area contributed by atoms with E-state index in [9.17, 15) is 18.0 Å². The molecule has 3 rings (SSSR count). The van der Waals surface area contributed by atoms with Gasteiger partial charge in [0.25, 0.3) is 11.8 Å². The summed E-state index contributed by atoms with van der Waals surface area (Å²) in [6, 6.07) is 6.49. The van der Waals surface area contributed by atoms with Crippen LogP contribution in [0.25, 0.3) is 6.08 Å². The van der Waals surface area contributed by atoms with E-state index in [2.05, 4.69) is 5.32 Å². The van der Waals surface area contributed by atoms with Crippen molar-refractivity contribution in [2.24, 2.45) is 0 Å². The molecule has 0 radical (unpaired) electrons. The monoisotopic (exact) mass is 438 g/mol. The maximum Gasteiger partial charge on any atom is 0.266 e. The molecule has 2 fully saturated rings. The van der Waals surface area contributed by atoms with Gasteiger partial charge in [-0.3, -0.25) is 14.5 Å². The summed E-state index contributed by atoms with van der Waals surface area (Å²) in [6.45, 7) is 5.80. The van der Waals surface area contributed by atoms with Crippen LogP contribution in [0.1, 0.15) is 43.1 Å². The van der Waals surface area contributed by atoms with Gasteiger partial charge in [-0.2, -0.15) is 0 Å². The number of hydrogen-bond donors (Lipinski definition) is 1. The Hall–Kier alpha value is -1.71. The van der Waals surface area contributed by atoms with Crippen LogP contribution in [0, 0.1) is 0 Å². The van der Waals surface area contributed by atoms with E-state index in [0.29, 0.717) is 21.2 Å². The first-order valence-electron chi connectivity index (χ1n) is 8.86. The summed E-state index contributed by atoms with van der Waals surface area (Å²) in [5, 5.41) is 2.76. The second kappa shape index (κ2) is 7.61. The van der Waals surface area contributed by atoms with E-state index in [-0.39, 0.29) is 34.9 Å². The maximum atomic E-state index is 12.6. The Kier molecular flexibility index (Phi) is 5.71. The van der Waals surface area contributed by atoms with E-state index in [0.717, 1.165) is 5.56 Å². The minimum absolute atomic E-state index is 0.00750. The first-order valence-corrected chi connectivity index (χ1v) is 11.9. The predicted molar refractivity (Wildman–Crippen MR) is 116 cm³/mol. The molecule has 1 N–H and O–H groups in total. The van der Waals surface area contributed by atoms with Crippen molar-refractivity contribution >= 4 is 56.0 Å². The molecule has 0 aliphatic carbocycles. The van der Waals surface area contributed by atoms with Crippen molar-refractivity contribution in [3.05, 3.63) is 40.3 Å². The lowest BCUT2D eigenvalue weighted by atomic mass is 10.1. The molecule has 28 heavy (non-hydrogen) atoms. The van der Waals surface area contributed by atoms with Crippen molar-refractivity contribution in [2.75, 3.05) is 11.5 Å². The van der Waals surface area contributed by atoms with Crippen molar-refractivity contribution in [1.82, 2.24) is 10.2 Å². The summed E-state index contributed by atoms with van der Waals surface area (Å²) in [5.41, 5.74) is 0.852. The average molecular weight is 439 g/mol. The third-order valence-corrected chi connectivity index (χ3v) is 7.57. The van der Waals surface area contributed by atoms with Gasteiger partial charge < -0.3 is 5.32 Å². The Morgan fingerprint density at radius 1 is 1.29 bits per heavy atom. The Bertz CT molecular complexity index is 960. The van der Waals surface area contributed by atoms with Crippen LogP contribution in [-0.4, -0.2) is 52.5 Å². The topological polar surface area (TPSA) is 83.6 Å². The van der Waals surface area contributed by atoms with Gasteiger partial charge in [-0.15, -0.1) is 0 Å². The first kappa shape index (κ1) is 21.0. The quantitative estimate of drug-likeness (QED) is 0.577. The van der Waals surface area contributed by atoms with Gasteiger partial charge in [0.1, 0.15) is 4.32 Å². The highest BCUT2D eigenvalue weighted by Gasteiger charge is 2.39. The molecule has 0 bridgehead atoms. The molecule has 1 atom stereocenters. The molecule has 9 heteroatoms. The number of carbonyl (C=O) groups is 2. The van der Waals surface area contributed by atoms with Crippen LogP contribution in [-0.2, 0) is 14.6 Å². The number of thioether (sulfide) groups is 1. The van der Waals surface area contributed by atoms with Gasteiger partial charge in [-0.25, -0.2) is 8.42 Å². The summed E-state index contributed by atoms with van der Waals surface area (Å²) in [7, 11) is -3.04. The van der Waals surface area contributed by atoms with Gasteiger partial charge in [0.2, 0.25) is 0 Å². The second-order valence-corrected chi connectivity index (χ2v) is 11.8. The molecule has 2 saturated heterocycles. The number of sulfone groups is 1. The average Bonchev–Trinajstić information content (AvgIpc) is 3.06. The molecule has 1 unspecified atom stereocenters. The van der Waals surface area contributed by atoms with E-state index in [1.807, 2.05) is 20.8 Å². The Morgan fingerprint density at radius 2 is 1.93 bits per heavy atom. The number of hydrogen-bond acceptors (Lipinski definition) is 6. The molecule has 0 aromatic heterocycles. The number of amides is 2. The van der Waals surface area contributed by atoms with Gasteiger partial charge in [0.05, 0.1) is 16.4 Å². The summed E-state index contributed by atoms with van der Waals surface area (Å²) in [5.74, 6) is -0.310. The molecule has 0 saturated carbocycles. The second-order valence-electron chi connectivity index (χ2n) is 7.88. The van der Waals surface area contributed by atoms with E-state index in [4.69, 9.17) is 12.2 Å². The molecular weight excluding hydrogens is 416 g/mol. The van der Waals surface area contributed by atoms with Crippen molar-refractivity contribution in [1.29, 1.82) is 0 Å². The summed E-state index contributed by atoms with van der Waals surface area (Å²) in [6.07, 6.45) is 2.21. The Morgan fingerprint density at radius 3 is 2.43 bits per heavy atom. The highest BCUT2D eigenvalue weighted by Crippen LogP contribution is 2.36. The fraction of sp³-hybridized carbons (Fsp3) is 0.421. The van der Waals surface area contributed by atoms with Gasteiger partial charge >= 0.3 is 0 Å². The summed E-state index contributed by atoms with van der Waals surface area (Å²) >= 11 is 6.60. The highest BCUT2D eigenvalue weighted by atomic mass is 32.2. The number of benzene rings is 1. The zero-order valence-corrected chi connectivity index (χ0v) is 18.3. The van der Waals surface area contributed by atoms with Crippen molar-refractivity contribution in [2.45, 2.75) is 38.8 Å². The number of rotatable bonds is 3. The SMILES string of the molecule is CC(C)(C)N1C(=O)C(=Cc2ccc(C(=O)NC3CCS(=O)(=O)C3)cc2)SC1=S. The smallest absolute Gasteiger partial charge is 0.266 e.